The number of halogens is 3. The molecule has 0 unspecified atom stereocenters. The zero-order valence-corrected chi connectivity index (χ0v) is 15.4. The molecular formula is C21H17F3N4O. The molecule has 29 heavy (non-hydrogen) atoms. The number of alkyl halides is 3. The van der Waals surface area contributed by atoms with E-state index in [2.05, 4.69) is 15.4 Å². The molecule has 148 valence electrons. The molecule has 0 atom stereocenters. The van der Waals surface area contributed by atoms with E-state index in [1.165, 1.54) is 16.8 Å². The van der Waals surface area contributed by atoms with Gasteiger partial charge in [0.2, 0.25) is 5.91 Å². The number of nitrogens with zero attached hydrogens (tertiary/aromatic N) is 2. The SMILES string of the molecule is CCC(=O)Nc1c[nH]c2ccc(-c3cnn(-c4ccc(C(F)(F)F)cc4)c3)cc12. The number of hydrogen-bond donors (Lipinski definition) is 2. The Bertz CT molecular complexity index is 1170. The van der Waals surface area contributed by atoms with Crippen molar-refractivity contribution in [2.45, 2.75) is 19.5 Å². The average molecular weight is 398 g/mol. The lowest BCUT2D eigenvalue weighted by Gasteiger charge is -2.07. The molecule has 2 heterocycles. The number of nitrogens with one attached hydrogen (secondary N) is 2. The van der Waals surface area contributed by atoms with Crippen molar-refractivity contribution in [3.8, 4) is 16.8 Å². The summed E-state index contributed by atoms with van der Waals surface area (Å²) in [7, 11) is 0. The van der Waals surface area contributed by atoms with Gasteiger partial charge in [0.25, 0.3) is 0 Å². The van der Waals surface area contributed by atoms with Crippen molar-refractivity contribution in [2.75, 3.05) is 5.32 Å². The number of carbonyl (C=O) groups is 1. The molecule has 0 saturated heterocycles. The highest BCUT2D eigenvalue weighted by molar-refractivity contribution is 6.02. The Morgan fingerprint density at radius 2 is 1.90 bits per heavy atom. The minimum absolute atomic E-state index is 0.0774. The van der Waals surface area contributed by atoms with Crippen molar-refractivity contribution in [1.29, 1.82) is 0 Å². The van der Waals surface area contributed by atoms with E-state index in [0.29, 0.717) is 17.8 Å². The molecule has 0 spiro atoms. The highest BCUT2D eigenvalue weighted by Crippen LogP contribution is 2.31. The molecule has 1 amide bonds. The fourth-order valence-corrected chi connectivity index (χ4v) is 3.06. The van der Waals surface area contributed by atoms with E-state index in [1.54, 1.807) is 25.5 Å². The third-order valence-corrected chi connectivity index (χ3v) is 4.65. The van der Waals surface area contributed by atoms with Crippen molar-refractivity contribution in [3.05, 3.63) is 66.6 Å². The summed E-state index contributed by atoms with van der Waals surface area (Å²) < 4.78 is 39.7. The first kappa shape index (κ1) is 18.8. The number of hydrogen-bond acceptors (Lipinski definition) is 2. The van der Waals surface area contributed by atoms with Crippen molar-refractivity contribution < 1.29 is 18.0 Å². The van der Waals surface area contributed by atoms with Crippen molar-refractivity contribution in [1.82, 2.24) is 14.8 Å². The molecule has 0 aliphatic rings. The van der Waals surface area contributed by atoms with E-state index in [9.17, 15) is 18.0 Å². The summed E-state index contributed by atoms with van der Waals surface area (Å²) in [6.45, 7) is 1.78. The molecule has 0 aliphatic heterocycles. The van der Waals surface area contributed by atoms with E-state index in [4.69, 9.17) is 0 Å². The Kier molecular flexibility index (Phi) is 4.62. The van der Waals surface area contributed by atoms with Crippen LogP contribution in [0.25, 0.3) is 27.7 Å². The molecule has 0 radical (unpaired) electrons. The van der Waals surface area contributed by atoms with Gasteiger partial charge in [0.05, 0.1) is 23.1 Å². The first-order chi connectivity index (χ1) is 13.8. The molecule has 2 aromatic heterocycles. The van der Waals surface area contributed by atoms with Crippen LogP contribution in [0.3, 0.4) is 0 Å². The maximum Gasteiger partial charge on any atom is 0.416 e. The number of fused-ring (bicyclic) bond motifs is 1. The van der Waals surface area contributed by atoms with Crippen LogP contribution in [0.1, 0.15) is 18.9 Å². The van der Waals surface area contributed by atoms with Crippen LogP contribution in [-0.2, 0) is 11.0 Å². The number of benzene rings is 2. The van der Waals surface area contributed by atoms with Crippen LogP contribution < -0.4 is 5.32 Å². The summed E-state index contributed by atoms with van der Waals surface area (Å²) in [6, 6.07) is 10.6. The Morgan fingerprint density at radius 3 is 2.59 bits per heavy atom. The quantitative estimate of drug-likeness (QED) is 0.484. The second kappa shape index (κ2) is 7.12. The van der Waals surface area contributed by atoms with Crippen LogP contribution in [0.2, 0.25) is 0 Å². The summed E-state index contributed by atoms with van der Waals surface area (Å²) in [6.07, 6.45) is 1.15. The van der Waals surface area contributed by atoms with Gasteiger partial charge >= 0.3 is 6.18 Å². The van der Waals surface area contributed by atoms with Crippen molar-refractivity contribution in [2.24, 2.45) is 0 Å². The van der Waals surface area contributed by atoms with Crippen LogP contribution in [0.5, 0.6) is 0 Å². The maximum absolute atomic E-state index is 12.7. The largest absolute Gasteiger partial charge is 0.416 e. The molecule has 2 N–H and O–H groups in total. The van der Waals surface area contributed by atoms with E-state index in [-0.39, 0.29) is 5.91 Å². The molecule has 4 aromatic rings. The summed E-state index contributed by atoms with van der Waals surface area (Å²) in [5, 5.41) is 7.99. The Balaban J connectivity index is 1.64. The minimum atomic E-state index is -4.37. The monoisotopic (exact) mass is 398 g/mol. The van der Waals surface area contributed by atoms with Crippen LogP contribution in [0.15, 0.2) is 61.1 Å². The van der Waals surface area contributed by atoms with Gasteiger partial charge in [-0.25, -0.2) is 4.68 Å². The van der Waals surface area contributed by atoms with Gasteiger partial charge in [-0.1, -0.05) is 13.0 Å². The van der Waals surface area contributed by atoms with Gasteiger partial charge in [-0.05, 0) is 42.0 Å². The molecule has 0 aliphatic carbocycles. The molecule has 2 aromatic carbocycles. The summed E-state index contributed by atoms with van der Waals surface area (Å²) in [4.78, 5) is 14.8. The van der Waals surface area contributed by atoms with Crippen LogP contribution in [0.4, 0.5) is 18.9 Å². The average Bonchev–Trinajstić information content (AvgIpc) is 3.35. The number of amides is 1. The Labute approximate surface area is 164 Å². The molecule has 5 nitrogen and oxygen atoms in total. The molecule has 0 fully saturated rings. The summed E-state index contributed by atoms with van der Waals surface area (Å²) in [5.41, 5.74) is 3.10. The predicted octanol–water partition coefficient (Wildman–Crippen LogP) is 5.39. The molecule has 4 rings (SSSR count). The predicted molar refractivity (Wildman–Crippen MR) is 105 cm³/mol. The van der Waals surface area contributed by atoms with Gasteiger partial charge in [0, 0.05) is 35.3 Å². The second-order valence-corrected chi connectivity index (χ2v) is 6.58. The third kappa shape index (κ3) is 3.73. The second-order valence-electron chi connectivity index (χ2n) is 6.58. The summed E-state index contributed by atoms with van der Waals surface area (Å²) in [5.74, 6) is -0.0774. The minimum Gasteiger partial charge on any atom is -0.359 e. The van der Waals surface area contributed by atoms with Gasteiger partial charge < -0.3 is 10.3 Å². The van der Waals surface area contributed by atoms with Gasteiger partial charge in [-0.15, -0.1) is 0 Å². The zero-order valence-electron chi connectivity index (χ0n) is 15.4. The Morgan fingerprint density at radius 1 is 1.14 bits per heavy atom. The third-order valence-electron chi connectivity index (χ3n) is 4.65. The van der Waals surface area contributed by atoms with Crippen LogP contribution in [0, 0.1) is 0 Å². The van der Waals surface area contributed by atoms with E-state index in [1.807, 2.05) is 18.2 Å². The van der Waals surface area contributed by atoms with E-state index in [0.717, 1.165) is 34.2 Å². The van der Waals surface area contributed by atoms with Gasteiger partial charge in [-0.2, -0.15) is 18.3 Å². The first-order valence-electron chi connectivity index (χ1n) is 8.99. The zero-order chi connectivity index (χ0) is 20.6. The first-order valence-corrected chi connectivity index (χ1v) is 8.99. The van der Waals surface area contributed by atoms with Crippen molar-refractivity contribution >= 4 is 22.5 Å². The smallest absolute Gasteiger partial charge is 0.359 e. The van der Waals surface area contributed by atoms with Crippen LogP contribution in [-0.4, -0.2) is 20.7 Å². The van der Waals surface area contributed by atoms with Crippen molar-refractivity contribution in [3.63, 3.8) is 0 Å². The highest BCUT2D eigenvalue weighted by Gasteiger charge is 2.30. The van der Waals surface area contributed by atoms with Crippen LogP contribution >= 0.6 is 0 Å². The number of anilines is 1. The number of aromatic nitrogens is 3. The topological polar surface area (TPSA) is 62.7 Å². The lowest BCUT2D eigenvalue weighted by molar-refractivity contribution is -0.137. The maximum atomic E-state index is 12.7. The van der Waals surface area contributed by atoms with Gasteiger partial charge in [0.1, 0.15) is 0 Å². The fraction of sp³-hybridized carbons (Fsp3) is 0.143. The number of carbonyl (C=O) groups excluding carboxylic acids is 1. The molecule has 8 heteroatoms. The fourth-order valence-electron chi connectivity index (χ4n) is 3.06. The van der Waals surface area contributed by atoms with E-state index >= 15 is 0 Å². The number of rotatable bonds is 4. The molecule has 0 saturated carbocycles. The Hall–Kier alpha value is -3.55. The lowest BCUT2D eigenvalue weighted by Crippen LogP contribution is -2.08. The number of H-pyrrole nitrogens is 1. The van der Waals surface area contributed by atoms with E-state index < -0.39 is 11.7 Å². The van der Waals surface area contributed by atoms with Gasteiger partial charge in [-0.3, -0.25) is 4.79 Å². The van der Waals surface area contributed by atoms with Gasteiger partial charge in [0.15, 0.2) is 0 Å². The normalized spacial score (nSPS) is 11.7. The molecule has 0 bridgehead atoms. The molecular weight excluding hydrogens is 381 g/mol. The lowest BCUT2D eigenvalue weighted by atomic mass is 10.1. The standard InChI is InChI=1S/C21H17F3N4O/c1-2-20(29)27-19-11-25-18-8-3-13(9-17(18)19)14-10-26-28(12-14)16-6-4-15(5-7-16)21(22,23)24/h3-12,25H,2H2,1H3,(H,27,29). The highest BCUT2D eigenvalue weighted by atomic mass is 19.4. The number of aromatic amines is 1. The summed E-state index contributed by atoms with van der Waals surface area (Å²) >= 11 is 0.